The second kappa shape index (κ2) is 3.92. The highest BCUT2D eigenvalue weighted by Gasteiger charge is 2.17. The fourth-order valence-electron chi connectivity index (χ4n) is 1.03. The van der Waals surface area contributed by atoms with Crippen molar-refractivity contribution in [2.24, 2.45) is 0 Å². The summed E-state index contributed by atoms with van der Waals surface area (Å²) in [4.78, 5) is 10.9. The van der Waals surface area contributed by atoms with Gasteiger partial charge in [-0.25, -0.2) is 8.78 Å². The van der Waals surface area contributed by atoms with Crippen LogP contribution in [0.5, 0.6) is 5.75 Å². The molecule has 76 valence electrons. The van der Waals surface area contributed by atoms with Crippen molar-refractivity contribution in [2.45, 2.75) is 13.3 Å². The van der Waals surface area contributed by atoms with E-state index in [-0.39, 0.29) is 10.6 Å². The number of aromatic hydroxyl groups is 1. The molecule has 0 aliphatic heterocycles. The van der Waals surface area contributed by atoms with Gasteiger partial charge in [-0.05, 0) is 19.1 Å². The first-order valence-corrected chi connectivity index (χ1v) is 4.12. The summed E-state index contributed by atoms with van der Waals surface area (Å²) >= 11 is 5.50. The van der Waals surface area contributed by atoms with Crippen LogP contribution in [0.3, 0.4) is 0 Å². The molecule has 0 amide bonds. The Morgan fingerprint density at radius 2 is 2.07 bits per heavy atom. The Bertz CT molecular complexity index is 377. The zero-order valence-electron chi connectivity index (χ0n) is 7.22. The monoisotopic (exact) mass is 220 g/mol. The molecular weight excluding hydrogens is 214 g/mol. The van der Waals surface area contributed by atoms with Gasteiger partial charge in [0.1, 0.15) is 5.75 Å². The lowest BCUT2D eigenvalue weighted by Crippen LogP contribution is -1.95. The smallest absolute Gasteiger partial charge is 0.265 e. The molecule has 0 fully saturated rings. The number of halogens is 3. The zero-order valence-corrected chi connectivity index (χ0v) is 7.98. The summed E-state index contributed by atoms with van der Waals surface area (Å²) in [7, 11) is 0. The maximum atomic E-state index is 12.3. The van der Waals surface area contributed by atoms with Crippen molar-refractivity contribution < 1.29 is 18.7 Å². The molecule has 0 radical (unpaired) electrons. The van der Waals surface area contributed by atoms with Gasteiger partial charge in [-0.3, -0.25) is 4.79 Å². The molecule has 0 unspecified atom stereocenters. The Morgan fingerprint density at radius 1 is 1.50 bits per heavy atom. The van der Waals surface area contributed by atoms with Crippen LogP contribution in [-0.2, 0) is 0 Å². The standard InChI is InChI=1S/C9H7ClF2O2/c1-4(13)5-2-7(10)6(9(11)12)3-8(5)14/h2-3,9,14H,1H3. The molecule has 0 spiro atoms. The molecule has 2 nitrogen and oxygen atoms in total. The summed E-state index contributed by atoms with van der Waals surface area (Å²) in [6, 6.07) is 1.85. The molecule has 1 N–H and O–H groups in total. The SMILES string of the molecule is CC(=O)c1cc(Cl)c(C(F)F)cc1O. The summed E-state index contributed by atoms with van der Waals surface area (Å²) in [6.45, 7) is 1.22. The molecule has 1 rings (SSSR count). The van der Waals surface area contributed by atoms with E-state index in [0.29, 0.717) is 0 Å². The van der Waals surface area contributed by atoms with Crippen LogP contribution in [0.15, 0.2) is 12.1 Å². The molecule has 0 aliphatic rings. The predicted molar refractivity (Wildman–Crippen MR) is 48.1 cm³/mol. The highest BCUT2D eigenvalue weighted by atomic mass is 35.5. The van der Waals surface area contributed by atoms with Crippen molar-refractivity contribution in [3.8, 4) is 5.75 Å². The number of ketones is 1. The van der Waals surface area contributed by atoms with Crippen LogP contribution in [0.1, 0.15) is 29.3 Å². The third kappa shape index (κ3) is 2.01. The van der Waals surface area contributed by atoms with Crippen molar-refractivity contribution in [3.05, 3.63) is 28.3 Å². The van der Waals surface area contributed by atoms with Gasteiger partial charge >= 0.3 is 0 Å². The number of phenols is 1. The van der Waals surface area contributed by atoms with Gasteiger partial charge in [0, 0.05) is 5.56 Å². The number of carbonyl (C=O) groups excluding carboxylic acids is 1. The van der Waals surface area contributed by atoms with E-state index in [1.165, 1.54) is 6.92 Å². The van der Waals surface area contributed by atoms with Crippen LogP contribution in [0.2, 0.25) is 5.02 Å². The van der Waals surface area contributed by atoms with Gasteiger partial charge in [-0.15, -0.1) is 0 Å². The zero-order chi connectivity index (χ0) is 10.9. The molecule has 5 heteroatoms. The quantitative estimate of drug-likeness (QED) is 0.778. The molecule has 14 heavy (non-hydrogen) atoms. The third-order valence-electron chi connectivity index (χ3n) is 1.73. The molecule has 0 saturated carbocycles. The lowest BCUT2D eigenvalue weighted by molar-refractivity contribution is 0.101. The highest BCUT2D eigenvalue weighted by Crippen LogP contribution is 2.32. The third-order valence-corrected chi connectivity index (χ3v) is 2.06. The first kappa shape index (κ1) is 10.9. The number of hydrogen-bond acceptors (Lipinski definition) is 2. The first-order valence-electron chi connectivity index (χ1n) is 3.75. The molecule has 0 bridgehead atoms. The van der Waals surface area contributed by atoms with Gasteiger partial charge in [0.2, 0.25) is 0 Å². The van der Waals surface area contributed by atoms with Crippen LogP contribution in [0.25, 0.3) is 0 Å². The van der Waals surface area contributed by atoms with E-state index in [0.717, 1.165) is 12.1 Å². The average molecular weight is 221 g/mol. The normalized spacial score (nSPS) is 10.6. The van der Waals surface area contributed by atoms with E-state index in [1.54, 1.807) is 0 Å². The Hall–Kier alpha value is -1.16. The van der Waals surface area contributed by atoms with Gasteiger partial charge in [0.15, 0.2) is 5.78 Å². The van der Waals surface area contributed by atoms with Crippen LogP contribution in [-0.4, -0.2) is 10.9 Å². The van der Waals surface area contributed by atoms with Crippen LogP contribution < -0.4 is 0 Å². The van der Waals surface area contributed by atoms with E-state index in [4.69, 9.17) is 11.6 Å². The van der Waals surface area contributed by atoms with E-state index in [1.807, 2.05) is 0 Å². The summed E-state index contributed by atoms with van der Waals surface area (Å²) in [5.74, 6) is -0.901. The number of carbonyl (C=O) groups is 1. The molecule has 0 heterocycles. The van der Waals surface area contributed by atoms with Gasteiger partial charge in [0.05, 0.1) is 10.6 Å². The van der Waals surface area contributed by atoms with Crippen LogP contribution in [0, 0.1) is 0 Å². The van der Waals surface area contributed by atoms with Gasteiger partial charge in [-0.1, -0.05) is 11.6 Å². The first-order chi connectivity index (χ1) is 6.43. The molecule has 1 aromatic rings. The van der Waals surface area contributed by atoms with Gasteiger partial charge < -0.3 is 5.11 Å². The second-order valence-electron chi connectivity index (χ2n) is 2.75. The minimum absolute atomic E-state index is 0.0561. The van der Waals surface area contributed by atoms with E-state index < -0.39 is 23.5 Å². The van der Waals surface area contributed by atoms with E-state index in [2.05, 4.69) is 0 Å². The van der Waals surface area contributed by atoms with Crippen molar-refractivity contribution in [2.75, 3.05) is 0 Å². The number of Topliss-reactive ketones (excluding diaryl/α,β-unsaturated/α-hetero) is 1. The fourth-order valence-corrected chi connectivity index (χ4v) is 1.27. The Kier molecular flexibility index (Phi) is 3.06. The summed E-state index contributed by atoms with van der Waals surface area (Å²) in [5.41, 5.74) is -0.534. The number of hydrogen-bond donors (Lipinski definition) is 1. The summed E-state index contributed by atoms with van der Waals surface area (Å²) in [6.07, 6.45) is -2.77. The fraction of sp³-hybridized carbons (Fsp3) is 0.222. The maximum absolute atomic E-state index is 12.3. The Balaban J connectivity index is 3.31. The van der Waals surface area contributed by atoms with Crippen molar-refractivity contribution in [1.29, 1.82) is 0 Å². The Labute approximate surface area is 84.1 Å². The van der Waals surface area contributed by atoms with Gasteiger partial charge in [-0.2, -0.15) is 0 Å². The maximum Gasteiger partial charge on any atom is 0.265 e. The summed E-state index contributed by atoms with van der Waals surface area (Å²) in [5, 5.41) is 9.00. The number of phenolic OH excluding ortho intramolecular Hbond substituents is 1. The molecular formula is C9H7ClF2O2. The van der Waals surface area contributed by atoms with Crippen molar-refractivity contribution in [3.63, 3.8) is 0 Å². The molecule has 1 aromatic carbocycles. The topological polar surface area (TPSA) is 37.3 Å². The van der Waals surface area contributed by atoms with E-state index in [9.17, 15) is 18.7 Å². The molecule has 0 aromatic heterocycles. The minimum Gasteiger partial charge on any atom is -0.507 e. The summed E-state index contributed by atoms with van der Waals surface area (Å²) < 4.78 is 24.5. The van der Waals surface area contributed by atoms with Gasteiger partial charge in [0.25, 0.3) is 6.43 Å². The molecule has 0 saturated heterocycles. The largest absolute Gasteiger partial charge is 0.507 e. The Morgan fingerprint density at radius 3 is 2.50 bits per heavy atom. The van der Waals surface area contributed by atoms with Crippen molar-refractivity contribution in [1.82, 2.24) is 0 Å². The molecule has 0 aliphatic carbocycles. The second-order valence-corrected chi connectivity index (χ2v) is 3.15. The van der Waals surface area contributed by atoms with Crippen LogP contribution >= 0.6 is 11.6 Å². The van der Waals surface area contributed by atoms with Crippen LogP contribution in [0.4, 0.5) is 8.78 Å². The molecule has 0 atom stereocenters. The number of alkyl halides is 2. The minimum atomic E-state index is -2.77. The lowest BCUT2D eigenvalue weighted by atomic mass is 10.1. The van der Waals surface area contributed by atoms with E-state index >= 15 is 0 Å². The number of rotatable bonds is 2. The highest BCUT2D eigenvalue weighted by molar-refractivity contribution is 6.31. The predicted octanol–water partition coefficient (Wildman–Crippen LogP) is 3.19. The number of benzene rings is 1. The van der Waals surface area contributed by atoms with Crippen molar-refractivity contribution >= 4 is 17.4 Å². The lowest BCUT2D eigenvalue weighted by Gasteiger charge is -2.06. The average Bonchev–Trinajstić information content (AvgIpc) is 2.07.